The Morgan fingerprint density at radius 1 is 1.11 bits per heavy atom. The van der Waals surface area contributed by atoms with E-state index < -0.39 is 0 Å². The van der Waals surface area contributed by atoms with Crippen LogP contribution in [0.15, 0.2) is 0 Å². The number of hydrogen-bond donors (Lipinski definition) is 1. The topological polar surface area (TPSA) is 29.3 Å². The number of nitrogens with zero attached hydrogens (tertiary/aromatic N) is 1. The predicted octanol–water partition coefficient (Wildman–Crippen LogP) is 3.02. The van der Waals surface area contributed by atoms with Crippen LogP contribution in [0.25, 0.3) is 0 Å². The van der Waals surface area contributed by atoms with E-state index in [4.69, 9.17) is 5.73 Å². The Labute approximate surface area is 112 Å². The molecule has 1 aliphatic heterocycles. The summed E-state index contributed by atoms with van der Waals surface area (Å²) in [6, 6.07) is 0. The molecule has 1 saturated heterocycles. The lowest BCUT2D eigenvalue weighted by Crippen LogP contribution is -2.55. The Bertz CT molecular complexity index is 279. The molecule has 1 heterocycles. The normalized spacial score (nSPS) is 45.3. The first kappa shape index (κ1) is 12.9. The van der Waals surface area contributed by atoms with E-state index in [1.807, 2.05) is 0 Å². The zero-order valence-electron chi connectivity index (χ0n) is 12.0. The third-order valence-electron chi connectivity index (χ3n) is 6.28. The van der Waals surface area contributed by atoms with Gasteiger partial charge in [0.1, 0.15) is 0 Å². The number of fused-ring (bicyclic) bond motifs is 1. The number of nitrogens with two attached hydrogens (primary N) is 1. The van der Waals surface area contributed by atoms with E-state index in [1.54, 1.807) is 0 Å². The first-order valence-corrected chi connectivity index (χ1v) is 8.22. The minimum absolute atomic E-state index is 0.378. The van der Waals surface area contributed by atoms with Crippen molar-refractivity contribution in [2.45, 2.75) is 63.8 Å². The summed E-state index contributed by atoms with van der Waals surface area (Å²) in [5.74, 6) is 2.95. The van der Waals surface area contributed by atoms with Gasteiger partial charge < -0.3 is 5.73 Å². The van der Waals surface area contributed by atoms with E-state index in [1.165, 1.54) is 64.5 Å². The molecule has 0 amide bonds. The van der Waals surface area contributed by atoms with Gasteiger partial charge in [-0.15, -0.1) is 0 Å². The highest BCUT2D eigenvalue weighted by Crippen LogP contribution is 2.45. The average Bonchev–Trinajstić information content (AvgIpc) is 2.99. The minimum atomic E-state index is 0.378. The summed E-state index contributed by atoms with van der Waals surface area (Å²) in [7, 11) is 0. The van der Waals surface area contributed by atoms with Crippen molar-refractivity contribution in [1.29, 1.82) is 0 Å². The minimum Gasteiger partial charge on any atom is -0.329 e. The fraction of sp³-hybridized carbons (Fsp3) is 1.00. The molecule has 3 rings (SSSR count). The Morgan fingerprint density at radius 3 is 2.44 bits per heavy atom. The zero-order chi connectivity index (χ0) is 12.6. The standard InChI is InChI=1S/C16H30N2/c1-2-13-5-4-8-16(9-13,12-17)18-10-14-6-3-7-15(14)11-18/h13-15H,2-12,17H2,1H3. The summed E-state index contributed by atoms with van der Waals surface area (Å²) >= 11 is 0. The third kappa shape index (κ3) is 2.12. The lowest BCUT2D eigenvalue weighted by molar-refractivity contribution is 0.0479. The van der Waals surface area contributed by atoms with Gasteiger partial charge in [0.05, 0.1) is 0 Å². The molecular weight excluding hydrogens is 220 g/mol. The lowest BCUT2D eigenvalue weighted by atomic mass is 9.73. The van der Waals surface area contributed by atoms with Crippen molar-refractivity contribution in [3.05, 3.63) is 0 Å². The largest absolute Gasteiger partial charge is 0.329 e. The van der Waals surface area contributed by atoms with Crippen molar-refractivity contribution in [3.63, 3.8) is 0 Å². The second-order valence-electron chi connectivity index (χ2n) is 7.16. The molecular formula is C16H30N2. The molecule has 2 N–H and O–H groups in total. The van der Waals surface area contributed by atoms with Crippen LogP contribution < -0.4 is 5.73 Å². The predicted molar refractivity (Wildman–Crippen MR) is 76.4 cm³/mol. The molecule has 0 bridgehead atoms. The molecule has 0 aromatic heterocycles. The van der Waals surface area contributed by atoms with Gasteiger partial charge >= 0.3 is 0 Å². The molecule has 104 valence electrons. The van der Waals surface area contributed by atoms with Crippen molar-refractivity contribution in [3.8, 4) is 0 Å². The van der Waals surface area contributed by atoms with Crippen LogP contribution in [0.5, 0.6) is 0 Å². The van der Waals surface area contributed by atoms with Crippen LogP contribution in [0, 0.1) is 17.8 Å². The molecule has 0 radical (unpaired) electrons. The smallest absolute Gasteiger partial charge is 0.0334 e. The van der Waals surface area contributed by atoms with Crippen LogP contribution in [0.3, 0.4) is 0 Å². The summed E-state index contributed by atoms with van der Waals surface area (Å²) in [5.41, 5.74) is 6.62. The molecule has 2 nitrogen and oxygen atoms in total. The van der Waals surface area contributed by atoms with Crippen molar-refractivity contribution in [2.24, 2.45) is 23.5 Å². The fourth-order valence-corrected chi connectivity index (χ4v) is 5.03. The highest BCUT2D eigenvalue weighted by molar-refractivity contribution is 5.02. The lowest BCUT2D eigenvalue weighted by Gasteiger charge is -2.47. The summed E-state index contributed by atoms with van der Waals surface area (Å²) < 4.78 is 0. The van der Waals surface area contributed by atoms with E-state index in [0.717, 1.165) is 24.3 Å². The van der Waals surface area contributed by atoms with E-state index >= 15 is 0 Å². The molecule has 3 fully saturated rings. The van der Waals surface area contributed by atoms with Crippen LogP contribution in [0.4, 0.5) is 0 Å². The Balaban J connectivity index is 1.71. The molecule has 4 unspecified atom stereocenters. The van der Waals surface area contributed by atoms with Crippen molar-refractivity contribution in [2.75, 3.05) is 19.6 Å². The van der Waals surface area contributed by atoms with Crippen LogP contribution in [-0.4, -0.2) is 30.1 Å². The molecule has 18 heavy (non-hydrogen) atoms. The Hall–Kier alpha value is -0.0800. The van der Waals surface area contributed by atoms with Gasteiger partial charge in [-0.05, 0) is 43.4 Å². The molecule has 0 spiro atoms. The van der Waals surface area contributed by atoms with Crippen LogP contribution in [0.1, 0.15) is 58.3 Å². The number of hydrogen-bond acceptors (Lipinski definition) is 2. The molecule has 2 heteroatoms. The van der Waals surface area contributed by atoms with E-state index in [2.05, 4.69) is 11.8 Å². The van der Waals surface area contributed by atoms with Crippen LogP contribution in [0.2, 0.25) is 0 Å². The zero-order valence-corrected chi connectivity index (χ0v) is 12.0. The molecule has 4 atom stereocenters. The monoisotopic (exact) mass is 250 g/mol. The molecule has 0 aromatic rings. The van der Waals surface area contributed by atoms with E-state index in [0.29, 0.717) is 5.54 Å². The van der Waals surface area contributed by atoms with Gasteiger partial charge in [-0.25, -0.2) is 0 Å². The van der Waals surface area contributed by atoms with Crippen molar-refractivity contribution >= 4 is 0 Å². The summed E-state index contributed by atoms with van der Waals surface area (Å²) in [6.45, 7) is 5.97. The van der Waals surface area contributed by atoms with Gasteiger partial charge in [-0.1, -0.05) is 32.6 Å². The number of rotatable bonds is 3. The summed E-state index contributed by atoms with van der Waals surface area (Å²) in [4.78, 5) is 2.82. The van der Waals surface area contributed by atoms with Gasteiger partial charge in [-0.2, -0.15) is 0 Å². The van der Waals surface area contributed by atoms with Gasteiger partial charge in [0.25, 0.3) is 0 Å². The van der Waals surface area contributed by atoms with E-state index in [-0.39, 0.29) is 0 Å². The Morgan fingerprint density at radius 2 is 1.83 bits per heavy atom. The van der Waals surface area contributed by atoms with Gasteiger partial charge in [0, 0.05) is 25.2 Å². The SMILES string of the molecule is CCC1CCCC(CN)(N2CC3CCCC3C2)C1. The maximum Gasteiger partial charge on any atom is 0.0334 e. The first-order chi connectivity index (χ1) is 8.77. The maximum absolute atomic E-state index is 6.24. The highest BCUT2D eigenvalue weighted by atomic mass is 15.2. The van der Waals surface area contributed by atoms with E-state index in [9.17, 15) is 0 Å². The second kappa shape index (κ2) is 5.13. The summed E-state index contributed by atoms with van der Waals surface area (Å²) in [6.07, 6.45) is 11.4. The van der Waals surface area contributed by atoms with Crippen molar-refractivity contribution < 1.29 is 0 Å². The highest BCUT2D eigenvalue weighted by Gasteiger charge is 2.46. The van der Waals surface area contributed by atoms with Gasteiger partial charge in [0.15, 0.2) is 0 Å². The molecule has 2 saturated carbocycles. The molecule has 0 aromatic carbocycles. The second-order valence-corrected chi connectivity index (χ2v) is 7.16. The third-order valence-corrected chi connectivity index (χ3v) is 6.28. The first-order valence-electron chi connectivity index (χ1n) is 8.22. The average molecular weight is 250 g/mol. The molecule has 3 aliphatic rings. The number of likely N-dealkylation sites (tertiary alicyclic amines) is 1. The Kier molecular flexibility index (Phi) is 3.68. The van der Waals surface area contributed by atoms with Gasteiger partial charge in [-0.3, -0.25) is 4.90 Å². The van der Waals surface area contributed by atoms with Crippen LogP contribution >= 0.6 is 0 Å². The van der Waals surface area contributed by atoms with Crippen LogP contribution in [-0.2, 0) is 0 Å². The maximum atomic E-state index is 6.24. The van der Waals surface area contributed by atoms with Crippen molar-refractivity contribution in [1.82, 2.24) is 4.90 Å². The molecule has 2 aliphatic carbocycles. The van der Waals surface area contributed by atoms with Gasteiger partial charge in [0.2, 0.25) is 0 Å². The summed E-state index contributed by atoms with van der Waals surface area (Å²) in [5, 5.41) is 0. The quantitative estimate of drug-likeness (QED) is 0.834. The fourth-order valence-electron chi connectivity index (χ4n) is 5.03.